The Balaban J connectivity index is 2.30. The quantitative estimate of drug-likeness (QED) is 0.937. The molecule has 2 rings (SSSR count). The molecule has 0 unspecified atom stereocenters. The van der Waals surface area contributed by atoms with Crippen molar-refractivity contribution in [3.8, 4) is 0 Å². The van der Waals surface area contributed by atoms with Crippen molar-refractivity contribution in [2.75, 3.05) is 24.3 Å². The highest BCUT2D eigenvalue weighted by Gasteiger charge is 2.15. The molecule has 0 saturated carbocycles. The van der Waals surface area contributed by atoms with Crippen LogP contribution >= 0.6 is 15.9 Å². The number of hydrogen-bond donors (Lipinski definition) is 1. The van der Waals surface area contributed by atoms with Gasteiger partial charge in [-0.3, -0.25) is 9.48 Å². The molecule has 6 nitrogen and oxygen atoms in total. The lowest BCUT2D eigenvalue weighted by Gasteiger charge is -2.15. The first kappa shape index (κ1) is 13.5. The third kappa shape index (κ3) is 3.11. The van der Waals surface area contributed by atoms with Gasteiger partial charge in [-0.1, -0.05) is 0 Å². The van der Waals surface area contributed by atoms with E-state index < -0.39 is 0 Å². The molecule has 0 radical (unpaired) electrons. The SMILES string of the molecule is CN(C)c1ncc(Br)cc1C(=O)Nc1cnn(C)c1. The van der Waals surface area contributed by atoms with Gasteiger partial charge >= 0.3 is 0 Å². The molecular formula is C12H14BrN5O. The summed E-state index contributed by atoms with van der Waals surface area (Å²) in [7, 11) is 5.48. The van der Waals surface area contributed by atoms with Crippen LogP contribution in [-0.2, 0) is 7.05 Å². The Morgan fingerprint density at radius 1 is 1.42 bits per heavy atom. The number of amides is 1. The third-order valence-corrected chi connectivity index (χ3v) is 2.90. The molecule has 2 aromatic heterocycles. The predicted molar refractivity (Wildman–Crippen MR) is 77.4 cm³/mol. The van der Waals surface area contributed by atoms with Gasteiger partial charge in [-0.2, -0.15) is 5.10 Å². The standard InChI is InChI=1S/C12H14BrN5O/c1-17(2)11-10(4-8(13)5-14-11)12(19)16-9-6-15-18(3)7-9/h4-7H,1-3H3,(H,16,19). The molecule has 100 valence electrons. The van der Waals surface area contributed by atoms with Crippen LogP contribution in [0.5, 0.6) is 0 Å². The van der Waals surface area contributed by atoms with Gasteiger partial charge in [-0.15, -0.1) is 0 Å². The van der Waals surface area contributed by atoms with E-state index in [1.807, 2.05) is 14.1 Å². The van der Waals surface area contributed by atoms with Crippen LogP contribution in [0.2, 0.25) is 0 Å². The number of nitrogens with zero attached hydrogens (tertiary/aromatic N) is 4. The molecule has 0 aromatic carbocycles. The first-order chi connectivity index (χ1) is 8.97. The molecule has 0 saturated heterocycles. The van der Waals surface area contributed by atoms with Gasteiger partial charge in [-0.25, -0.2) is 4.98 Å². The van der Waals surface area contributed by atoms with E-state index in [4.69, 9.17) is 0 Å². The maximum atomic E-state index is 12.3. The number of pyridine rings is 1. The van der Waals surface area contributed by atoms with Gasteiger partial charge in [0.2, 0.25) is 0 Å². The van der Waals surface area contributed by atoms with Crippen LogP contribution in [0, 0.1) is 0 Å². The summed E-state index contributed by atoms with van der Waals surface area (Å²) in [6, 6.07) is 1.74. The normalized spacial score (nSPS) is 10.3. The molecule has 2 heterocycles. The summed E-state index contributed by atoms with van der Waals surface area (Å²) in [5.41, 5.74) is 1.15. The maximum Gasteiger partial charge on any atom is 0.259 e. The van der Waals surface area contributed by atoms with Crippen LogP contribution in [0.1, 0.15) is 10.4 Å². The van der Waals surface area contributed by atoms with Crippen molar-refractivity contribution in [3.63, 3.8) is 0 Å². The summed E-state index contributed by atoms with van der Waals surface area (Å²) in [6.07, 6.45) is 4.99. The lowest BCUT2D eigenvalue weighted by Crippen LogP contribution is -2.19. The summed E-state index contributed by atoms with van der Waals surface area (Å²) < 4.78 is 2.39. The van der Waals surface area contributed by atoms with E-state index in [0.717, 1.165) is 4.47 Å². The molecular weight excluding hydrogens is 310 g/mol. The zero-order valence-corrected chi connectivity index (χ0v) is 12.5. The van der Waals surface area contributed by atoms with Gasteiger partial charge < -0.3 is 10.2 Å². The minimum atomic E-state index is -0.217. The Labute approximate surface area is 119 Å². The highest BCUT2D eigenvalue weighted by atomic mass is 79.9. The summed E-state index contributed by atoms with van der Waals surface area (Å²) in [4.78, 5) is 18.3. The minimum absolute atomic E-state index is 0.217. The van der Waals surface area contributed by atoms with E-state index in [1.54, 1.807) is 41.3 Å². The number of halogens is 1. The second-order valence-corrected chi connectivity index (χ2v) is 5.19. The Morgan fingerprint density at radius 3 is 2.74 bits per heavy atom. The average Bonchev–Trinajstić information content (AvgIpc) is 2.74. The fourth-order valence-electron chi connectivity index (χ4n) is 1.64. The molecule has 0 spiro atoms. The van der Waals surface area contributed by atoms with Crippen molar-refractivity contribution in [1.82, 2.24) is 14.8 Å². The number of rotatable bonds is 3. The Morgan fingerprint density at radius 2 is 2.16 bits per heavy atom. The summed E-state index contributed by atoms with van der Waals surface area (Å²) in [5.74, 6) is 0.398. The third-order valence-electron chi connectivity index (χ3n) is 2.46. The fraction of sp³-hybridized carbons (Fsp3) is 0.250. The van der Waals surface area contributed by atoms with Crippen LogP contribution in [0.4, 0.5) is 11.5 Å². The zero-order chi connectivity index (χ0) is 14.0. The van der Waals surface area contributed by atoms with Crippen molar-refractivity contribution >= 4 is 33.3 Å². The Hall–Kier alpha value is -1.89. The molecule has 2 aromatic rings. The van der Waals surface area contributed by atoms with Crippen LogP contribution in [-0.4, -0.2) is 34.8 Å². The summed E-state index contributed by atoms with van der Waals surface area (Å²) in [5, 5.41) is 6.80. The second-order valence-electron chi connectivity index (χ2n) is 4.28. The highest BCUT2D eigenvalue weighted by Crippen LogP contribution is 2.21. The number of anilines is 2. The maximum absolute atomic E-state index is 12.3. The summed E-state index contributed by atoms with van der Waals surface area (Å²) >= 11 is 3.33. The van der Waals surface area contributed by atoms with E-state index in [0.29, 0.717) is 17.1 Å². The van der Waals surface area contributed by atoms with E-state index >= 15 is 0 Å². The van der Waals surface area contributed by atoms with E-state index in [-0.39, 0.29) is 5.91 Å². The predicted octanol–water partition coefficient (Wildman–Crippen LogP) is 1.90. The van der Waals surface area contributed by atoms with Gasteiger partial charge in [0, 0.05) is 38.0 Å². The van der Waals surface area contributed by atoms with Crippen LogP contribution in [0.15, 0.2) is 29.1 Å². The van der Waals surface area contributed by atoms with Gasteiger partial charge in [0.05, 0.1) is 17.4 Å². The number of aromatic nitrogens is 3. The first-order valence-corrected chi connectivity index (χ1v) is 6.39. The molecule has 1 N–H and O–H groups in total. The molecule has 0 aliphatic carbocycles. The minimum Gasteiger partial charge on any atom is -0.362 e. The van der Waals surface area contributed by atoms with Crippen molar-refractivity contribution < 1.29 is 4.79 Å². The van der Waals surface area contributed by atoms with Crippen molar-refractivity contribution in [1.29, 1.82) is 0 Å². The largest absolute Gasteiger partial charge is 0.362 e. The molecule has 1 amide bonds. The average molecular weight is 324 g/mol. The van der Waals surface area contributed by atoms with Crippen LogP contribution < -0.4 is 10.2 Å². The second kappa shape index (κ2) is 5.40. The lowest BCUT2D eigenvalue weighted by molar-refractivity contribution is 0.102. The van der Waals surface area contributed by atoms with Crippen molar-refractivity contribution in [2.24, 2.45) is 7.05 Å². The number of carbonyl (C=O) groups is 1. The van der Waals surface area contributed by atoms with E-state index in [1.165, 1.54) is 0 Å². The summed E-state index contributed by atoms with van der Waals surface area (Å²) in [6.45, 7) is 0. The van der Waals surface area contributed by atoms with E-state index in [2.05, 4.69) is 31.3 Å². The van der Waals surface area contributed by atoms with Gasteiger partial charge in [0.25, 0.3) is 5.91 Å². The zero-order valence-electron chi connectivity index (χ0n) is 10.9. The van der Waals surface area contributed by atoms with E-state index in [9.17, 15) is 4.79 Å². The monoisotopic (exact) mass is 323 g/mol. The molecule has 0 fully saturated rings. The smallest absolute Gasteiger partial charge is 0.259 e. The molecule has 0 aliphatic rings. The molecule has 0 aliphatic heterocycles. The Bertz CT molecular complexity index is 608. The molecule has 7 heteroatoms. The number of carbonyl (C=O) groups excluding carboxylic acids is 1. The van der Waals surface area contributed by atoms with Crippen molar-refractivity contribution in [2.45, 2.75) is 0 Å². The van der Waals surface area contributed by atoms with Gasteiger partial charge in [0.1, 0.15) is 5.82 Å². The molecule has 19 heavy (non-hydrogen) atoms. The number of nitrogens with one attached hydrogen (secondary N) is 1. The Kier molecular flexibility index (Phi) is 3.84. The first-order valence-electron chi connectivity index (χ1n) is 5.60. The highest BCUT2D eigenvalue weighted by molar-refractivity contribution is 9.10. The number of hydrogen-bond acceptors (Lipinski definition) is 4. The van der Waals surface area contributed by atoms with Gasteiger partial charge in [0.15, 0.2) is 0 Å². The van der Waals surface area contributed by atoms with Crippen LogP contribution in [0.3, 0.4) is 0 Å². The lowest BCUT2D eigenvalue weighted by atomic mass is 10.2. The van der Waals surface area contributed by atoms with Crippen molar-refractivity contribution in [3.05, 3.63) is 34.7 Å². The van der Waals surface area contributed by atoms with Gasteiger partial charge in [-0.05, 0) is 22.0 Å². The molecule has 0 atom stereocenters. The number of aryl methyl sites for hydroxylation is 1. The molecule has 0 bridgehead atoms. The topological polar surface area (TPSA) is 63.1 Å². The fourth-order valence-corrected chi connectivity index (χ4v) is 1.97. The van der Waals surface area contributed by atoms with Crippen LogP contribution in [0.25, 0.3) is 0 Å².